The lowest BCUT2D eigenvalue weighted by Gasteiger charge is -2.18. The smallest absolute Gasteiger partial charge is 0.0503 e. The van der Waals surface area contributed by atoms with Crippen LogP contribution in [0.25, 0.3) is 42.0 Å². The zero-order valence-electron chi connectivity index (χ0n) is 15.1. The number of benzene rings is 3. The molecule has 5 aromatic rings. The number of para-hydroxylation sites is 1. The van der Waals surface area contributed by atoms with E-state index >= 15 is 0 Å². The Morgan fingerprint density at radius 3 is 2.40 bits per heavy atom. The minimum Gasteiger partial charge on any atom is -0.344 e. The number of aromatic nitrogens is 1. The first-order valence-corrected chi connectivity index (χ1v) is 9.60. The van der Waals surface area contributed by atoms with Crippen molar-refractivity contribution >= 4 is 53.3 Å². The third-order valence-electron chi connectivity index (χ3n) is 5.38. The fraction of sp³-hybridized carbons (Fsp3) is 0.217. The first kappa shape index (κ1) is 15.0. The lowest BCUT2D eigenvalue weighted by molar-refractivity contribution is 0.591. The standard InChI is InChI=1S/C23H21NS/c1-23(2,3)14-9-12-20-17(13-14)15-10-11-19-21(22(15)25-20)16-7-5-6-8-18(16)24(19)4/h5-13H,1-4H3. The SMILES string of the molecule is Cn1c2ccccc2c2c3sc4ccc(C(C)(C)C)cc4c3ccc21. The number of hydrogen-bond acceptors (Lipinski definition) is 1. The summed E-state index contributed by atoms with van der Waals surface area (Å²) in [6.45, 7) is 6.85. The molecule has 124 valence electrons. The molecule has 0 radical (unpaired) electrons. The lowest BCUT2D eigenvalue weighted by Crippen LogP contribution is -2.10. The van der Waals surface area contributed by atoms with Gasteiger partial charge in [0.05, 0.1) is 5.52 Å². The van der Waals surface area contributed by atoms with Crippen molar-refractivity contribution in [2.24, 2.45) is 7.05 Å². The molecule has 0 unspecified atom stereocenters. The van der Waals surface area contributed by atoms with Gasteiger partial charge in [-0.2, -0.15) is 0 Å². The van der Waals surface area contributed by atoms with Gasteiger partial charge in [0.25, 0.3) is 0 Å². The topological polar surface area (TPSA) is 4.93 Å². The van der Waals surface area contributed by atoms with Gasteiger partial charge in [0.2, 0.25) is 0 Å². The summed E-state index contributed by atoms with van der Waals surface area (Å²) >= 11 is 1.93. The predicted octanol–water partition coefficient (Wildman–Crippen LogP) is 7.00. The second-order valence-corrected chi connectivity index (χ2v) is 9.03. The van der Waals surface area contributed by atoms with Crippen molar-refractivity contribution in [2.75, 3.05) is 0 Å². The molecule has 5 rings (SSSR count). The Hall–Kier alpha value is -2.32. The van der Waals surface area contributed by atoms with Crippen molar-refractivity contribution in [2.45, 2.75) is 26.2 Å². The molecule has 2 heterocycles. The summed E-state index contributed by atoms with van der Waals surface area (Å²) in [5.74, 6) is 0. The van der Waals surface area contributed by atoms with E-state index in [4.69, 9.17) is 0 Å². The molecular formula is C23H21NS. The highest BCUT2D eigenvalue weighted by atomic mass is 32.1. The molecule has 25 heavy (non-hydrogen) atoms. The van der Waals surface area contributed by atoms with Crippen molar-refractivity contribution in [3.8, 4) is 0 Å². The van der Waals surface area contributed by atoms with E-state index < -0.39 is 0 Å². The lowest BCUT2D eigenvalue weighted by atomic mass is 9.86. The third-order valence-corrected chi connectivity index (χ3v) is 6.58. The number of aryl methyl sites for hydroxylation is 1. The van der Waals surface area contributed by atoms with E-state index in [0.717, 1.165) is 0 Å². The largest absolute Gasteiger partial charge is 0.344 e. The van der Waals surface area contributed by atoms with Crippen LogP contribution in [0.5, 0.6) is 0 Å². The average molecular weight is 343 g/mol. The maximum atomic E-state index is 2.39. The van der Waals surface area contributed by atoms with Crippen LogP contribution in [0.15, 0.2) is 54.6 Å². The van der Waals surface area contributed by atoms with E-state index in [9.17, 15) is 0 Å². The first-order chi connectivity index (χ1) is 11.9. The van der Waals surface area contributed by atoms with Crippen LogP contribution in [0.2, 0.25) is 0 Å². The molecule has 0 bridgehead atoms. The van der Waals surface area contributed by atoms with Gasteiger partial charge in [0, 0.05) is 43.5 Å². The minimum atomic E-state index is 0.173. The van der Waals surface area contributed by atoms with Gasteiger partial charge in [-0.1, -0.05) is 51.1 Å². The maximum absolute atomic E-state index is 2.39. The highest BCUT2D eigenvalue weighted by molar-refractivity contribution is 7.26. The maximum Gasteiger partial charge on any atom is 0.0503 e. The van der Waals surface area contributed by atoms with Gasteiger partial charge < -0.3 is 4.57 Å². The van der Waals surface area contributed by atoms with Crippen molar-refractivity contribution in [1.29, 1.82) is 0 Å². The first-order valence-electron chi connectivity index (χ1n) is 8.78. The predicted molar refractivity (Wildman–Crippen MR) is 112 cm³/mol. The molecule has 2 heteroatoms. The van der Waals surface area contributed by atoms with E-state index in [2.05, 4.69) is 87.0 Å². The molecular weight excluding hydrogens is 322 g/mol. The number of hydrogen-bond donors (Lipinski definition) is 0. The Balaban J connectivity index is 1.98. The van der Waals surface area contributed by atoms with Crippen LogP contribution in [-0.4, -0.2) is 4.57 Å². The molecule has 0 N–H and O–H groups in total. The van der Waals surface area contributed by atoms with Gasteiger partial charge in [-0.3, -0.25) is 0 Å². The van der Waals surface area contributed by atoms with Crippen LogP contribution in [0, 0.1) is 0 Å². The highest BCUT2D eigenvalue weighted by Crippen LogP contribution is 2.42. The number of thiophene rings is 1. The Labute approximate surface area is 151 Å². The van der Waals surface area contributed by atoms with Crippen molar-refractivity contribution in [3.05, 3.63) is 60.2 Å². The molecule has 1 nitrogen and oxygen atoms in total. The molecule has 0 saturated carbocycles. The monoisotopic (exact) mass is 343 g/mol. The van der Waals surface area contributed by atoms with E-state index in [1.807, 2.05) is 11.3 Å². The van der Waals surface area contributed by atoms with Crippen molar-refractivity contribution in [3.63, 3.8) is 0 Å². The molecule has 0 atom stereocenters. The molecule has 2 aromatic heterocycles. The van der Waals surface area contributed by atoms with Crippen LogP contribution in [0.1, 0.15) is 26.3 Å². The summed E-state index contributed by atoms with van der Waals surface area (Å²) < 4.78 is 5.11. The Kier molecular flexibility index (Phi) is 2.91. The van der Waals surface area contributed by atoms with Gasteiger partial charge in [0.1, 0.15) is 0 Å². The summed E-state index contributed by atoms with van der Waals surface area (Å²) in [6, 6.07) is 20.3. The van der Waals surface area contributed by atoms with Crippen LogP contribution in [-0.2, 0) is 12.5 Å². The summed E-state index contributed by atoms with van der Waals surface area (Å²) in [6.07, 6.45) is 0. The Morgan fingerprint density at radius 1 is 0.800 bits per heavy atom. The average Bonchev–Trinajstić information content (AvgIpc) is 3.10. The molecule has 0 aliphatic carbocycles. The molecule has 0 aliphatic rings. The fourth-order valence-corrected chi connectivity index (χ4v) is 5.18. The molecule has 0 spiro atoms. The molecule has 0 fully saturated rings. The van der Waals surface area contributed by atoms with Crippen LogP contribution < -0.4 is 0 Å². The summed E-state index contributed by atoms with van der Waals surface area (Å²) in [5, 5.41) is 5.53. The Morgan fingerprint density at radius 2 is 1.60 bits per heavy atom. The van der Waals surface area contributed by atoms with Gasteiger partial charge in [0.15, 0.2) is 0 Å². The van der Waals surface area contributed by atoms with Gasteiger partial charge in [-0.25, -0.2) is 0 Å². The van der Waals surface area contributed by atoms with E-state index in [1.54, 1.807) is 0 Å². The normalized spacial score (nSPS) is 12.8. The number of nitrogens with zero attached hydrogens (tertiary/aromatic N) is 1. The quantitative estimate of drug-likeness (QED) is 0.285. The summed E-state index contributed by atoms with van der Waals surface area (Å²) in [5.41, 5.74) is 4.19. The van der Waals surface area contributed by atoms with E-state index in [1.165, 1.54) is 47.5 Å². The summed E-state index contributed by atoms with van der Waals surface area (Å²) in [4.78, 5) is 0. The van der Waals surface area contributed by atoms with Gasteiger partial charge >= 0.3 is 0 Å². The van der Waals surface area contributed by atoms with E-state index in [0.29, 0.717) is 0 Å². The van der Waals surface area contributed by atoms with Gasteiger partial charge in [-0.05, 0) is 35.2 Å². The highest BCUT2D eigenvalue weighted by Gasteiger charge is 2.18. The second-order valence-electron chi connectivity index (χ2n) is 7.98. The third kappa shape index (κ3) is 2.01. The van der Waals surface area contributed by atoms with E-state index in [-0.39, 0.29) is 5.41 Å². The number of fused-ring (bicyclic) bond motifs is 7. The molecule has 0 aliphatic heterocycles. The molecule has 0 saturated heterocycles. The number of rotatable bonds is 0. The van der Waals surface area contributed by atoms with Crippen molar-refractivity contribution in [1.82, 2.24) is 4.57 Å². The minimum absolute atomic E-state index is 0.173. The zero-order valence-corrected chi connectivity index (χ0v) is 15.9. The second kappa shape index (κ2) is 4.86. The van der Waals surface area contributed by atoms with Crippen LogP contribution >= 0.6 is 11.3 Å². The molecule has 0 amide bonds. The van der Waals surface area contributed by atoms with Gasteiger partial charge in [-0.15, -0.1) is 11.3 Å². The Bertz CT molecular complexity index is 1280. The van der Waals surface area contributed by atoms with Crippen LogP contribution in [0.3, 0.4) is 0 Å². The zero-order chi connectivity index (χ0) is 17.3. The van der Waals surface area contributed by atoms with Crippen molar-refractivity contribution < 1.29 is 0 Å². The molecule has 3 aromatic carbocycles. The van der Waals surface area contributed by atoms with Crippen LogP contribution in [0.4, 0.5) is 0 Å². The summed E-state index contributed by atoms with van der Waals surface area (Å²) in [7, 11) is 2.17. The fourth-order valence-electron chi connectivity index (χ4n) is 3.94.